The number of anilines is 1. The topological polar surface area (TPSA) is 59.8 Å². The lowest BCUT2D eigenvalue weighted by Crippen LogP contribution is -2.16. The van der Waals surface area contributed by atoms with Gasteiger partial charge in [-0.15, -0.1) is 11.8 Å². The number of amides is 1. The second-order valence-corrected chi connectivity index (χ2v) is 5.68. The number of fused-ring (bicyclic) bond motifs is 1. The third kappa shape index (κ3) is 2.21. The Morgan fingerprint density at radius 2 is 2.37 bits per heavy atom. The van der Waals surface area contributed by atoms with E-state index in [1.807, 2.05) is 6.07 Å². The summed E-state index contributed by atoms with van der Waals surface area (Å²) in [6.07, 6.45) is 2.29. The quantitative estimate of drug-likeness (QED) is 0.924. The lowest BCUT2D eigenvalue weighted by Gasteiger charge is -2.08. The molecule has 0 unspecified atom stereocenters. The molecule has 0 aliphatic carbocycles. The number of rotatable bonds is 2. The van der Waals surface area contributed by atoms with Crippen molar-refractivity contribution in [3.8, 4) is 0 Å². The highest BCUT2D eigenvalue weighted by atomic mass is 35.5. The molecule has 3 rings (SSSR count). The molecule has 1 amide bonds. The zero-order chi connectivity index (χ0) is 13.4. The first-order valence-corrected chi connectivity index (χ1v) is 7.12. The van der Waals surface area contributed by atoms with Gasteiger partial charge in [-0.3, -0.25) is 10.1 Å². The number of carbonyl (C=O) groups excluding carboxylic acids is 1. The van der Waals surface area contributed by atoms with Gasteiger partial charge in [-0.05, 0) is 24.1 Å². The molecule has 0 saturated heterocycles. The standard InChI is InChI=1S/C12H11ClN4OS/c1-17-12(14-6-15-17)16-11(18)8-2-3-9-7(10(8)13)4-5-19-9/h2-3,6H,4-5H2,1H3,(H,14,15,16,18). The molecule has 0 spiro atoms. The zero-order valence-electron chi connectivity index (χ0n) is 10.2. The van der Waals surface area contributed by atoms with Crippen molar-refractivity contribution >= 4 is 35.2 Å². The Morgan fingerprint density at radius 3 is 3.11 bits per heavy atom. The summed E-state index contributed by atoms with van der Waals surface area (Å²) in [7, 11) is 1.71. The number of hydrogen-bond donors (Lipinski definition) is 1. The first-order valence-electron chi connectivity index (χ1n) is 5.76. The fraction of sp³-hybridized carbons (Fsp3) is 0.250. The van der Waals surface area contributed by atoms with E-state index in [2.05, 4.69) is 15.4 Å². The second kappa shape index (κ2) is 4.86. The maximum absolute atomic E-state index is 12.2. The Bertz CT molecular complexity index is 655. The summed E-state index contributed by atoms with van der Waals surface area (Å²) >= 11 is 8.08. The Labute approximate surface area is 119 Å². The summed E-state index contributed by atoms with van der Waals surface area (Å²) in [5, 5.41) is 7.14. The minimum Gasteiger partial charge on any atom is -0.291 e. The molecule has 1 aromatic heterocycles. The van der Waals surface area contributed by atoms with Crippen LogP contribution in [0.5, 0.6) is 0 Å². The van der Waals surface area contributed by atoms with Crippen molar-refractivity contribution in [3.05, 3.63) is 34.6 Å². The molecule has 1 aromatic carbocycles. The molecule has 2 heterocycles. The number of halogens is 1. The number of aromatic nitrogens is 3. The predicted octanol–water partition coefficient (Wildman–Crippen LogP) is 2.37. The smallest absolute Gasteiger partial charge is 0.259 e. The van der Waals surface area contributed by atoms with Crippen molar-refractivity contribution in [1.82, 2.24) is 14.8 Å². The third-order valence-corrected chi connectivity index (χ3v) is 4.52. The van der Waals surface area contributed by atoms with Crippen molar-refractivity contribution in [2.24, 2.45) is 7.05 Å². The van der Waals surface area contributed by atoms with Gasteiger partial charge in [-0.1, -0.05) is 11.6 Å². The van der Waals surface area contributed by atoms with Crippen molar-refractivity contribution in [1.29, 1.82) is 0 Å². The van der Waals surface area contributed by atoms with Gasteiger partial charge in [0.05, 0.1) is 10.6 Å². The Hall–Kier alpha value is -1.53. The number of benzene rings is 1. The molecule has 0 atom stereocenters. The van der Waals surface area contributed by atoms with E-state index in [1.165, 1.54) is 15.9 Å². The van der Waals surface area contributed by atoms with Gasteiger partial charge in [0.1, 0.15) is 6.33 Å². The van der Waals surface area contributed by atoms with E-state index in [-0.39, 0.29) is 5.91 Å². The van der Waals surface area contributed by atoms with Crippen LogP contribution < -0.4 is 5.32 Å². The second-order valence-electron chi connectivity index (χ2n) is 4.16. The predicted molar refractivity (Wildman–Crippen MR) is 74.8 cm³/mol. The van der Waals surface area contributed by atoms with Crippen LogP contribution in [0.25, 0.3) is 0 Å². The number of hydrogen-bond acceptors (Lipinski definition) is 4. The normalized spacial score (nSPS) is 13.4. The first-order chi connectivity index (χ1) is 9.16. The lowest BCUT2D eigenvalue weighted by atomic mass is 10.1. The van der Waals surface area contributed by atoms with Gasteiger partial charge in [0.15, 0.2) is 0 Å². The van der Waals surface area contributed by atoms with Crippen LogP contribution in [-0.2, 0) is 13.5 Å². The van der Waals surface area contributed by atoms with E-state index >= 15 is 0 Å². The van der Waals surface area contributed by atoms with Gasteiger partial charge in [0, 0.05) is 17.7 Å². The number of thioether (sulfide) groups is 1. The summed E-state index contributed by atoms with van der Waals surface area (Å²) < 4.78 is 1.50. The summed E-state index contributed by atoms with van der Waals surface area (Å²) in [5.74, 6) is 1.15. The van der Waals surface area contributed by atoms with Gasteiger partial charge >= 0.3 is 0 Å². The van der Waals surface area contributed by atoms with Gasteiger partial charge < -0.3 is 0 Å². The largest absolute Gasteiger partial charge is 0.291 e. The number of nitrogens with one attached hydrogen (secondary N) is 1. The Morgan fingerprint density at radius 1 is 1.53 bits per heavy atom. The van der Waals surface area contributed by atoms with Crippen molar-refractivity contribution in [2.75, 3.05) is 11.1 Å². The van der Waals surface area contributed by atoms with Crippen molar-refractivity contribution in [3.63, 3.8) is 0 Å². The molecule has 98 valence electrons. The van der Waals surface area contributed by atoms with Crippen molar-refractivity contribution in [2.45, 2.75) is 11.3 Å². The van der Waals surface area contributed by atoms with Gasteiger partial charge in [0.25, 0.3) is 5.91 Å². The van der Waals surface area contributed by atoms with E-state index in [9.17, 15) is 4.79 Å². The molecule has 0 radical (unpaired) electrons. The van der Waals surface area contributed by atoms with Crippen LogP contribution in [0.4, 0.5) is 5.95 Å². The Balaban J connectivity index is 1.91. The molecule has 0 saturated carbocycles. The highest BCUT2D eigenvalue weighted by Crippen LogP contribution is 2.37. The molecule has 5 nitrogen and oxygen atoms in total. The number of nitrogens with zero attached hydrogens (tertiary/aromatic N) is 3. The zero-order valence-corrected chi connectivity index (χ0v) is 11.8. The van der Waals surface area contributed by atoms with Crippen molar-refractivity contribution < 1.29 is 4.79 Å². The van der Waals surface area contributed by atoms with Crippen LogP contribution in [0.3, 0.4) is 0 Å². The molecule has 2 aromatic rings. The van der Waals surface area contributed by atoms with E-state index in [0.717, 1.165) is 17.7 Å². The van der Waals surface area contributed by atoms with Gasteiger partial charge in [0.2, 0.25) is 5.95 Å². The summed E-state index contributed by atoms with van der Waals surface area (Å²) in [4.78, 5) is 17.3. The van der Waals surface area contributed by atoms with Crippen LogP contribution in [0, 0.1) is 0 Å². The van der Waals surface area contributed by atoms with Crippen LogP contribution in [0.1, 0.15) is 15.9 Å². The number of aryl methyl sites for hydroxylation is 1. The first kappa shape index (κ1) is 12.5. The molecular formula is C12H11ClN4OS. The molecule has 7 heteroatoms. The van der Waals surface area contributed by atoms with Gasteiger partial charge in [-0.25, -0.2) is 4.68 Å². The summed E-state index contributed by atoms with van der Waals surface area (Å²) in [5.41, 5.74) is 1.54. The number of carbonyl (C=O) groups is 1. The van der Waals surface area contributed by atoms with E-state index < -0.39 is 0 Å². The van der Waals surface area contributed by atoms with E-state index in [1.54, 1.807) is 24.9 Å². The average molecular weight is 295 g/mol. The Kier molecular flexibility index (Phi) is 3.20. The fourth-order valence-electron chi connectivity index (χ4n) is 1.99. The van der Waals surface area contributed by atoms with Crippen LogP contribution in [0.15, 0.2) is 23.4 Å². The molecule has 19 heavy (non-hydrogen) atoms. The summed E-state index contributed by atoms with van der Waals surface area (Å²) in [6, 6.07) is 3.70. The maximum atomic E-state index is 12.2. The molecule has 0 fully saturated rings. The SMILES string of the molecule is Cn1ncnc1NC(=O)c1ccc2c(c1Cl)CCS2. The van der Waals surface area contributed by atoms with Crippen LogP contribution >= 0.6 is 23.4 Å². The molecule has 0 bridgehead atoms. The molecule has 1 N–H and O–H groups in total. The van der Waals surface area contributed by atoms with Crippen LogP contribution in [-0.4, -0.2) is 26.4 Å². The fourth-order valence-corrected chi connectivity index (χ4v) is 3.46. The molecule has 1 aliphatic rings. The molecular weight excluding hydrogens is 284 g/mol. The molecule has 1 aliphatic heterocycles. The highest BCUT2D eigenvalue weighted by molar-refractivity contribution is 7.99. The maximum Gasteiger partial charge on any atom is 0.259 e. The van der Waals surface area contributed by atoms with E-state index in [4.69, 9.17) is 11.6 Å². The summed E-state index contributed by atoms with van der Waals surface area (Å²) in [6.45, 7) is 0. The third-order valence-electron chi connectivity index (χ3n) is 2.99. The lowest BCUT2D eigenvalue weighted by molar-refractivity contribution is 0.102. The average Bonchev–Trinajstić information content (AvgIpc) is 3.00. The minimum atomic E-state index is -0.263. The monoisotopic (exact) mass is 294 g/mol. The van der Waals surface area contributed by atoms with Crippen LogP contribution in [0.2, 0.25) is 5.02 Å². The van der Waals surface area contributed by atoms with E-state index in [0.29, 0.717) is 16.5 Å². The minimum absolute atomic E-state index is 0.263. The highest BCUT2D eigenvalue weighted by Gasteiger charge is 2.21. The van der Waals surface area contributed by atoms with Gasteiger partial charge in [-0.2, -0.15) is 10.1 Å².